The van der Waals surface area contributed by atoms with Crippen molar-refractivity contribution in [1.82, 2.24) is 10.2 Å². The summed E-state index contributed by atoms with van der Waals surface area (Å²) in [6, 6.07) is 17.6. The molecule has 9 heteroatoms. The Balaban J connectivity index is 1.39. The summed E-state index contributed by atoms with van der Waals surface area (Å²) in [5, 5.41) is 14.5. The Labute approximate surface area is 210 Å². The Hall–Kier alpha value is -2.32. The van der Waals surface area contributed by atoms with E-state index in [9.17, 15) is 4.79 Å². The van der Waals surface area contributed by atoms with Gasteiger partial charge in [0.15, 0.2) is 10.1 Å². The standard InChI is InChI=1S/C24H21Cl2N3O2S2/c1-2-3-11-31-21-19(25)12-17(13-20(21)26)22(30)27-23-28-29-24(33-23)32-14-16-9-6-8-15-7-4-5-10-18(15)16/h4-10,12-13H,2-3,11,14H2,1H3,(H,27,28,30). The van der Waals surface area contributed by atoms with Gasteiger partial charge < -0.3 is 4.74 Å². The molecule has 1 amide bonds. The number of benzene rings is 3. The van der Waals surface area contributed by atoms with Crippen LogP contribution in [0.5, 0.6) is 5.75 Å². The first-order chi connectivity index (χ1) is 16.0. The average molecular weight is 518 g/mol. The molecule has 1 N–H and O–H groups in total. The minimum atomic E-state index is -0.360. The third-order valence-corrected chi connectivity index (χ3v) is 7.45. The zero-order valence-corrected chi connectivity index (χ0v) is 21.0. The molecule has 0 spiro atoms. The van der Waals surface area contributed by atoms with E-state index < -0.39 is 0 Å². The average Bonchev–Trinajstić information content (AvgIpc) is 3.26. The van der Waals surface area contributed by atoms with E-state index in [0.717, 1.165) is 22.9 Å². The number of carbonyl (C=O) groups excluding carboxylic acids is 1. The summed E-state index contributed by atoms with van der Waals surface area (Å²) < 4.78 is 6.41. The summed E-state index contributed by atoms with van der Waals surface area (Å²) in [6.07, 6.45) is 1.90. The van der Waals surface area contributed by atoms with Crippen LogP contribution in [0.4, 0.5) is 5.13 Å². The van der Waals surface area contributed by atoms with Crippen molar-refractivity contribution in [2.45, 2.75) is 29.9 Å². The van der Waals surface area contributed by atoms with Crippen LogP contribution in [0.25, 0.3) is 10.8 Å². The summed E-state index contributed by atoms with van der Waals surface area (Å²) in [5.41, 5.74) is 1.55. The van der Waals surface area contributed by atoms with E-state index in [2.05, 4.69) is 52.8 Å². The van der Waals surface area contributed by atoms with Crippen LogP contribution in [-0.4, -0.2) is 22.7 Å². The molecule has 0 saturated carbocycles. The van der Waals surface area contributed by atoms with Crippen LogP contribution in [0.2, 0.25) is 10.0 Å². The van der Waals surface area contributed by atoms with Crippen molar-refractivity contribution in [2.24, 2.45) is 0 Å². The van der Waals surface area contributed by atoms with Crippen LogP contribution in [0.15, 0.2) is 58.9 Å². The number of ether oxygens (including phenoxy) is 1. The summed E-state index contributed by atoms with van der Waals surface area (Å²) in [4.78, 5) is 12.7. The molecule has 0 atom stereocenters. The molecule has 170 valence electrons. The van der Waals surface area contributed by atoms with Crippen molar-refractivity contribution in [1.29, 1.82) is 0 Å². The molecular weight excluding hydrogens is 497 g/mol. The number of unbranched alkanes of at least 4 members (excludes halogenated alkanes) is 1. The van der Waals surface area contributed by atoms with Crippen LogP contribution >= 0.6 is 46.3 Å². The Kier molecular flexibility index (Phi) is 8.09. The largest absolute Gasteiger partial charge is 0.490 e. The molecule has 0 radical (unpaired) electrons. The monoisotopic (exact) mass is 517 g/mol. The van der Waals surface area contributed by atoms with Crippen molar-refractivity contribution in [3.63, 3.8) is 0 Å². The van der Waals surface area contributed by atoms with Gasteiger partial charge in [0, 0.05) is 11.3 Å². The number of hydrogen-bond acceptors (Lipinski definition) is 6. The van der Waals surface area contributed by atoms with Gasteiger partial charge in [0.2, 0.25) is 5.13 Å². The van der Waals surface area contributed by atoms with Gasteiger partial charge in [-0.05, 0) is 34.9 Å². The number of thioether (sulfide) groups is 1. The lowest BCUT2D eigenvalue weighted by Crippen LogP contribution is -2.12. The van der Waals surface area contributed by atoms with Crippen LogP contribution in [0.1, 0.15) is 35.7 Å². The maximum Gasteiger partial charge on any atom is 0.257 e. The number of halogens is 2. The zero-order chi connectivity index (χ0) is 23.2. The third kappa shape index (κ3) is 5.98. The summed E-state index contributed by atoms with van der Waals surface area (Å²) in [5.74, 6) is 0.793. The molecule has 1 heterocycles. The third-order valence-electron chi connectivity index (χ3n) is 4.86. The number of nitrogens with zero attached hydrogens (tertiary/aromatic N) is 2. The molecule has 0 unspecified atom stereocenters. The molecule has 0 fully saturated rings. The van der Waals surface area contributed by atoms with Crippen molar-refractivity contribution in [3.8, 4) is 5.75 Å². The van der Waals surface area contributed by atoms with Gasteiger partial charge in [-0.2, -0.15) is 0 Å². The minimum absolute atomic E-state index is 0.298. The maximum atomic E-state index is 12.7. The summed E-state index contributed by atoms with van der Waals surface area (Å²) >= 11 is 15.5. The normalized spacial score (nSPS) is 11.0. The van der Waals surface area contributed by atoms with E-state index in [0.29, 0.717) is 33.1 Å². The molecule has 4 rings (SSSR count). The number of rotatable bonds is 9. The molecule has 5 nitrogen and oxygen atoms in total. The van der Waals surface area contributed by atoms with Gasteiger partial charge in [-0.15, -0.1) is 10.2 Å². The lowest BCUT2D eigenvalue weighted by atomic mass is 10.1. The highest BCUT2D eigenvalue weighted by molar-refractivity contribution is 8.00. The highest BCUT2D eigenvalue weighted by Crippen LogP contribution is 2.35. The van der Waals surface area contributed by atoms with Crippen molar-refractivity contribution in [3.05, 3.63) is 75.8 Å². The predicted molar refractivity (Wildman–Crippen MR) is 138 cm³/mol. The molecule has 0 bridgehead atoms. The van der Waals surface area contributed by atoms with Crippen LogP contribution < -0.4 is 10.1 Å². The number of fused-ring (bicyclic) bond motifs is 1. The summed E-state index contributed by atoms with van der Waals surface area (Å²) in [6.45, 7) is 2.59. The quantitative estimate of drug-likeness (QED) is 0.140. The number of carbonyl (C=O) groups is 1. The lowest BCUT2D eigenvalue weighted by Gasteiger charge is -2.11. The highest BCUT2D eigenvalue weighted by atomic mass is 35.5. The van der Waals surface area contributed by atoms with Gasteiger partial charge in [-0.3, -0.25) is 10.1 Å². The van der Waals surface area contributed by atoms with Gasteiger partial charge in [0.25, 0.3) is 5.91 Å². The van der Waals surface area contributed by atoms with Gasteiger partial charge in [-0.25, -0.2) is 0 Å². The van der Waals surface area contributed by atoms with Crippen molar-refractivity contribution >= 4 is 68.1 Å². The van der Waals surface area contributed by atoms with E-state index in [1.54, 1.807) is 23.9 Å². The highest BCUT2D eigenvalue weighted by Gasteiger charge is 2.16. The van der Waals surface area contributed by atoms with Gasteiger partial charge in [0.1, 0.15) is 0 Å². The zero-order valence-electron chi connectivity index (χ0n) is 17.8. The molecule has 0 aliphatic rings. The van der Waals surface area contributed by atoms with Crippen molar-refractivity contribution in [2.75, 3.05) is 11.9 Å². The molecule has 0 saturated heterocycles. The Bertz CT molecular complexity index is 1250. The molecule has 0 aliphatic heterocycles. The van der Waals surface area contributed by atoms with Crippen LogP contribution in [0, 0.1) is 0 Å². The Morgan fingerprint density at radius 2 is 1.85 bits per heavy atom. The summed E-state index contributed by atoms with van der Waals surface area (Å²) in [7, 11) is 0. The van der Waals surface area contributed by atoms with Gasteiger partial charge in [-0.1, -0.05) is 102 Å². The predicted octanol–water partition coefficient (Wildman–Crippen LogP) is 7.72. The van der Waals surface area contributed by atoms with E-state index >= 15 is 0 Å². The van der Waals surface area contributed by atoms with E-state index in [1.807, 2.05) is 12.1 Å². The Morgan fingerprint density at radius 3 is 2.64 bits per heavy atom. The number of nitrogens with one attached hydrogen (secondary N) is 1. The second-order valence-corrected chi connectivity index (χ2v) is 10.2. The Morgan fingerprint density at radius 1 is 1.09 bits per heavy atom. The second-order valence-electron chi connectivity index (χ2n) is 7.23. The molecule has 4 aromatic rings. The fourth-order valence-corrected chi connectivity index (χ4v) is 5.54. The maximum absolute atomic E-state index is 12.7. The SMILES string of the molecule is CCCCOc1c(Cl)cc(C(=O)Nc2nnc(SCc3cccc4ccccc34)s2)cc1Cl. The fourth-order valence-electron chi connectivity index (χ4n) is 3.19. The van der Waals surface area contributed by atoms with Gasteiger partial charge in [0.05, 0.1) is 16.7 Å². The van der Waals surface area contributed by atoms with E-state index in [4.69, 9.17) is 27.9 Å². The molecule has 3 aromatic carbocycles. The first kappa shape index (κ1) is 23.8. The lowest BCUT2D eigenvalue weighted by molar-refractivity contribution is 0.102. The van der Waals surface area contributed by atoms with Crippen molar-refractivity contribution < 1.29 is 9.53 Å². The smallest absolute Gasteiger partial charge is 0.257 e. The topological polar surface area (TPSA) is 64.1 Å². The number of aromatic nitrogens is 2. The minimum Gasteiger partial charge on any atom is -0.490 e. The van der Waals surface area contributed by atoms with E-state index in [-0.39, 0.29) is 5.91 Å². The number of hydrogen-bond donors (Lipinski definition) is 1. The molecular formula is C24H21Cl2N3O2S2. The number of anilines is 1. The first-order valence-electron chi connectivity index (χ1n) is 10.4. The molecule has 33 heavy (non-hydrogen) atoms. The first-order valence-corrected chi connectivity index (χ1v) is 13.0. The molecule has 1 aromatic heterocycles. The van der Waals surface area contributed by atoms with Gasteiger partial charge >= 0.3 is 0 Å². The number of amides is 1. The fraction of sp³-hybridized carbons (Fsp3) is 0.208. The second kappa shape index (κ2) is 11.2. The van der Waals surface area contributed by atoms with Crippen LogP contribution in [0.3, 0.4) is 0 Å². The van der Waals surface area contributed by atoms with E-state index in [1.165, 1.54) is 27.7 Å². The van der Waals surface area contributed by atoms with Crippen LogP contribution in [-0.2, 0) is 5.75 Å². The molecule has 0 aliphatic carbocycles.